The molecule has 0 saturated carbocycles. The van der Waals surface area contributed by atoms with Gasteiger partial charge in [0.2, 0.25) is 12.4 Å². The third-order valence-electron chi connectivity index (χ3n) is 6.31. The number of phenols is 1. The zero-order chi connectivity index (χ0) is 28.3. The molecule has 1 aliphatic heterocycles. The highest BCUT2D eigenvalue weighted by Gasteiger charge is 2.50. The van der Waals surface area contributed by atoms with Crippen LogP contribution in [0.4, 0.5) is 0 Å². The van der Waals surface area contributed by atoms with Crippen molar-refractivity contribution in [3.63, 3.8) is 0 Å². The number of esters is 2. The molecule has 11 heteroatoms. The van der Waals surface area contributed by atoms with E-state index >= 15 is 0 Å². The Labute approximate surface area is 223 Å². The van der Waals surface area contributed by atoms with Gasteiger partial charge in [-0.3, -0.25) is 14.4 Å². The van der Waals surface area contributed by atoms with Gasteiger partial charge in [-0.1, -0.05) is 6.07 Å². The second-order valence-corrected chi connectivity index (χ2v) is 9.36. The summed E-state index contributed by atoms with van der Waals surface area (Å²) in [5.41, 5.74) is 2.05. The van der Waals surface area contributed by atoms with Crippen LogP contribution in [0.5, 0.6) is 11.5 Å². The van der Waals surface area contributed by atoms with E-state index in [1.807, 2.05) is 24.3 Å². The van der Waals surface area contributed by atoms with Crippen molar-refractivity contribution >= 4 is 28.7 Å². The zero-order valence-electron chi connectivity index (χ0n) is 21.7. The molecule has 5 atom stereocenters. The molecular formula is C28H30O11. The van der Waals surface area contributed by atoms with Crippen LogP contribution < -0.4 is 4.74 Å². The number of ether oxygens (including phenoxy) is 4. The van der Waals surface area contributed by atoms with Gasteiger partial charge in [0.05, 0.1) is 12.9 Å². The van der Waals surface area contributed by atoms with Crippen molar-refractivity contribution in [1.82, 2.24) is 0 Å². The number of furan rings is 1. The number of aromatic hydroxyl groups is 1. The molecule has 2 heterocycles. The first-order valence-electron chi connectivity index (χ1n) is 12.4. The molecule has 0 unspecified atom stereocenters. The number of carbonyl (C=O) groups excluding carboxylic acids is 3. The van der Waals surface area contributed by atoms with Gasteiger partial charge in [-0.05, 0) is 54.8 Å². The Bertz CT molecular complexity index is 1360. The first-order valence-corrected chi connectivity index (χ1v) is 12.4. The summed E-state index contributed by atoms with van der Waals surface area (Å²) in [5, 5.41) is 32.0. The summed E-state index contributed by atoms with van der Waals surface area (Å²) in [6, 6.07) is 10.3. The lowest BCUT2D eigenvalue weighted by molar-refractivity contribution is -0.285. The number of hydrogen-bond donors (Lipinski definition) is 3. The fourth-order valence-electron chi connectivity index (χ4n) is 4.57. The van der Waals surface area contributed by atoms with Gasteiger partial charge in [0.25, 0.3) is 0 Å². The monoisotopic (exact) mass is 542 g/mol. The molecule has 0 bridgehead atoms. The van der Waals surface area contributed by atoms with Crippen molar-refractivity contribution in [2.75, 3.05) is 6.61 Å². The van der Waals surface area contributed by atoms with E-state index in [0.29, 0.717) is 12.0 Å². The van der Waals surface area contributed by atoms with Crippen LogP contribution >= 0.6 is 0 Å². The van der Waals surface area contributed by atoms with Crippen LogP contribution in [-0.2, 0) is 30.2 Å². The Morgan fingerprint density at radius 2 is 1.72 bits per heavy atom. The summed E-state index contributed by atoms with van der Waals surface area (Å²) < 4.78 is 27.5. The quantitative estimate of drug-likeness (QED) is 0.269. The third kappa shape index (κ3) is 6.39. The van der Waals surface area contributed by atoms with Crippen LogP contribution in [0.2, 0.25) is 0 Å². The predicted molar refractivity (Wildman–Crippen MR) is 135 cm³/mol. The van der Waals surface area contributed by atoms with E-state index in [1.165, 1.54) is 12.1 Å². The van der Waals surface area contributed by atoms with Crippen molar-refractivity contribution in [2.24, 2.45) is 0 Å². The summed E-state index contributed by atoms with van der Waals surface area (Å²) in [6.45, 7) is 3.23. The van der Waals surface area contributed by atoms with Gasteiger partial charge in [0.15, 0.2) is 11.9 Å². The fraction of sp³-hybridized carbons (Fsp3) is 0.393. The predicted octanol–water partition coefficient (Wildman–Crippen LogP) is 2.58. The van der Waals surface area contributed by atoms with Crippen molar-refractivity contribution < 1.29 is 53.1 Å². The number of fused-ring (bicyclic) bond motifs is 1. The van der Waals surface area contributed by atoms with Crippen LogP contribution in [0.25, 0.3) is 11.0 Å². The number of aliphatic hydroxyl groups is 2. The molecule has 0 amide bonds. The largest absolute Gasteiger partial charge is 0.507 e. The van der Waals surface area contributed by atoms with Crippen LogP contribution in [0.15, 0.2) is 47.1 Å². The number of aliphatic hydroxyl groups excluding tert-OH is 2. The molecule has 208 valence electrons. The molecule has 1 aliphatic rings. The van der Waals surface area contributed by atoms with Gasteiger partial charge < -0.3 is 38.7 Å². The minimum atomic E-state index is -1.54. The summed E-state index contributed by atoms with van der Waals surface area (Å²) >= 11 is 0. The van der Waals surface area contributed by atoms with E-state index in [-0.39, 0.29) is 23.5 Å². The average Bonchev–Trinajstić information content (AvgIpc) is 3.33. The lowest BCUT2D eigenvalue weighted by Crippen LogP contribution is -2.62. The lowest BCUT2D eigenvalue weighted by atomic mass is 9.97. The highest BCUT2D eigenvalue weighted by molar-refractivity contribution is 6.01. The van der Waals surface area contributed by atoms with Gasteiger partial charge in [-0.15, -0.1) is 0 Å². The standard InChI is InChI=1S/C28H30O11/c1-14-10-20(33)24(19(32)6-4-17-5-7-21-18(12-17)8-9-35-21)22(11-14)38-28-27(37-16(3)31)26(36-15(2)30)25(34)23(13-29)39-28/h5,7-12,23,25-29,33-34H,4,6,13H2,1-3H3/t23-,25-,26+,27-,28-/m1/s1. The number of hydrogen-bond acceptors (Lipinski definition) is 11. The maximum Gasteiger partial charge on any atom is 0.303 e. The highest BCUT2D eigenvalue weighted by Crippen LogP contribution is 2.35. The highest BCUT2D eigenvalue weighted by atomic mass is 16.7. The maximum atomic E-state index is 13.3. The first kappa shape index (κ1) is 28.1. The summed E-state index contributed by atoms with van der Waals surface area (Å²) in [5.74, 6) is -2.37. The molecule has 0 aliphatic carbocycles. The average molecular weight is 543 g/mol. The summed E-state index contributed by atoms with van der Waals surface area (Å²) in [7, 11) is 0. The Morgan fingerprint density at radius 1 is 1.00 bits per heavy atom. The number of rotatable bonds is 9. The molecule has 0 spiro atoms. The Hall–Kier alpha value is -3.93. The van der Waals surface area contributed by atoms with Crippen LogP contribution in [0, 0.1) is 6.92 Å². The van der Waals surface area contributed by atoms with E-state index in [9.17, 15) is 29.7 Å². The van der Waals surface area contributed by atoms with Gasteiger partial charge >= 0.3 is 11.9 Å². The maximum absolute atomic E-state index is 13.3. The number of ketones is 1. The number of phenolic OH excluding ortho intramolecular Hbond substituents is 1. The van der Waals surface area contributed by atoms with Crippen LogP contribution in [0.1, 0.15) is 41.8 Å². The van der Waals surface area contributed by atoms with Crippen LogP contribution in [0.3, 0.4) is 0 Å². The molecule has 2 aromatic carbocycles. The van der Waals surface area contributed by atoms with E-state index in [4.69, 9.17) is 23.4 Å². The van der Waals surface area contributed by atoms with E-state index in [1.54, 1.807) is 13.2 Å². The minimum absolute atomic E-state index is 0.0310. The van der Waals surface area contributed by atoms with E-state index in [0.717, 1.165) is 30.4 Å². The number of benzene rings is 2. The Balaban J connectivity index is 1.62. The Kier molecular flexibility index (Phi) is 8.54. The van der Waals surface area contributed by atoms with Crippen molar-refractivity contribution in [3.8, 4) is 11.5 Å². The first-order chi connectivity index (χ1) is 18.6. The third-order valence-corrected chi connectivity index (χ3v) is 6.31. The SMILES string of the molecule is CC(=O)O[C@H]1[C@H](Oc2cc(C)cc(O)c2C(=O)CCc2ccc3occc3c2)O[C@H](CO)[C@@H](O)[C@@H]1OC(C)=O. The summed E-state index contributed by atoms with van der Waals surface area (Å²) in [4.78, 5) is 36.9. The van der Waals surface area contributed by atoms with Crippen LogP contribution in [-0.4, -0.2) is 70.4 Å². The molecule has 3 N–H and O–H groups in total. The number of Topliss-reactive ketones (excluding diaryl/α,β-unsaturated/α-hetero) is 1. The molecular weight excluding hydrogens is 512 g/mol. The normalized spacial score (nSPS) is 22.8. The molecule has 1 aromatic heterocycles. The Morgan fingerprint density at radius 3 is 2.41 bits per heavy atom. The van der Waals surface area contributed by atoms with Gasteiger partial charge in [0.1, 0.15) is 34.9 Å². The van der Waals surface area contributed by atoms with Gasteiger partial charge in [-0.2, -0.15) is 0 Å². The molecule has 39 heavy (non-hydrogen) atoms. The second-order valence-electron chi connectivity index (χ2n) is 9.36. The molecule has 3 aromatic rings. The lowest BCUT2D eigenvalue weighted by Gasteiger charge is -2.42. The summed E-state index contributed by atoms with van der Waals surface area (Å²) in [6.07, 6.45) is -5.20. The van der Waals surface area contributed by atoms with E-state index in [2.05, 4.69) is 0 Å². The molecule has 1 saturated heterocycles. The minimum Gasteiger partial charge on any atom is -0.507 e. The number of carbonyl (C=O) groups is 3. The van der Waals surface area contributed by atoms with Crippen molar-refractivity contribution in [3.05, 3.63) is 59.4 Å². The zero-order valence-corrected chi connectivity index (χ0v) is 21.7. The molecule has 0 radical (unpaired) electrons. The van der Waals surface area contributed by atoms with Crippen molar-refractivity contribution in [1.29, 1.82) is 0 Å². The van der Waals surface area contributed by atoms with Crippen molar-refractivity contribution in [2.45, 2.75) is 64.3 Å². The smallest absolute Gasteiger partial charge is 0.303 e. The topological polar surface area (TPSA) is 162 Å². The molecule has 1 fully saturated rings. The van der Waals surface area contributed by atoms with Gasteiger partial charge in [-0.25, -0.2) is 0 Å². The number of aryl methyl sites for hydroxylation is 2. The van der Waals surface area contributed by atoms with E-state index < -0.39 is 55.0 Å². The van der Waals surface area contributed by atoms with Gasteiger partial charge in [0, 0.05) is 25.7 Å². The fourth-order valence-corrected chi connectivity index (χ4v) is 4.57. The molecule has 4 rings (SSSR count). The second kappa shape index (κ2) is 11.9. The molecule has 11 nitrogen and oxygen atoms in total.